The third-order valence-corrected chi connectivity index (χ3v) is 7.93. The number of rotatable bonds is 3. The number of fused-ring (bicyclic) bond motifs is 4. The van der Waals surface area contributed by atoms with Gasteiger partial charge in [0.25, 0.3) is 0 Å². The van der Waals surface area contributed by atoms with Gasteiger partial charge in [0.2, 0.25) is 0 Å². The SMILES string of the molecule is CN(C)C(=O)N[C@H]1CC2(CCN(C[C@@H]3C[C@H]4C=C[C@H]3C4)CC2)c2ccccc21.[HH]. The van der Waals surface area contributed by atoms with Crippen molar-refractivity contribution in [3.63, 3.8) is 0 Å². The lowest BCUT2D eigenvalue weighted by Crippen LogP contribution is -2.44. The highest BCUT2D eigenvalue weighted by Crippen LogP contribution is 2.51. The zero-order chi connectivity index (χ0) is 19.3. The molecular formula is C24H35N3O. The molecule has 0 radical (unpaired) electrons. The standard InChI is InChI=1S/C24H33N3O.H2/c1-26(2)23(28)25-22-15-24(21-6-4-3-5-20(21)22)9-11-27(12-10-24)16-19-14-17-7-8-18(19)13-17;/h3-8,17-19,22H,9-16H2,1-2H3,(H,25,28);1H/t17-,18-,19-,22-;/m0./s1. The van der Waals surface area contributed by atoms with E-state index in [-0.39, 0.29) is 18.9 Å². The fraction of sp³-hybridized carbons (Fsp3) is 0.625. The van der Waals surface area contributed by atoms with Crippen LogP contribution in [0.4, 0.5) is 4.79 Å². The number of amides is 2. The van der Waals surface area contributed by atoms with E-state index >= 15 is 0 Å². The number of benzene rings is 1. The number of likely N-dealkylation sites (tertiary alicyclic amines) is 1. The molecule has 152 valence electrons. The summed E-state index contributed by atoms with van der Waals surface area (Å²) in [6, 6.07) is 8.98. The molecule has 28 heavy (non-hydrogen) atoms. The van der Waals surface area contributed by atoms with Crippen molar-refractivity contribution in [1.29, 1.82) is 0 Å². The molecule has 4 nitrogen and oxygen atoms in total. The second-order valence-corrected chi connectivity index (χ2v) is 9.81. The van der Waals surface area contributed by atoms with Crippen molar-refractivity contribution >= 4 is 6.03 Å². The van der Waals surface area contributed by atoms with Crippen LogP contribution in [0, 0.1) is 17.8 Å². The van der Waals surface area contributed by atoms with E-state index in [0.717, 1.165) is 24.2 Å². The molecule has 4 aliphatic rings. The van der Waals surface area contributed by atoms with Crippen molar-refractivity contribution in [2.45, 2.75) is 43.6 Å². The van der Waals surface area contributed by atoms with E-state index in [1.165, 1.54) is 56.4 Å². The molecule has 1 aromatic rings. The van der Waals surface area contributed by atoms with Gasteiger partial charge in [0.05, 0.1) is 6.04 Å². The van der Waals surface area contributed by atoms with E-state index < -0.39 is 0 Å². The Bertz CT molecular complexity index is 784. The first-order valence-electron chi connectivity index (χ1n) is 11.0. The highest BCUT2D eigenvalue weighted by Gasteiger charge is 2.46. The van der Waals surface area contributed by atoms with Crippen LogP contribution in [0.5, 0.6) is 0 Å². The summed E-state index contributed by atoms with van der Waals surface area (Å²) in [7, 11) is 3.63. The minimum Gasteiger partial charge on any atom is -0.331 e. The summed E-state index contributed by atoms with van der Waals surface area (Å²) in [5.74, 6) is 2.60. The quantitative estimate of drug-likeness (QED) is 0.797. The van der Waals surface area contributed by atoms with Crippen molar-refractivity contribution in [3.05, 3.63) is 47.5 Å². The van der Waals surface area contributed by atoms with Crippen molar-refractivity contribution in [1.82, 2.24) is 15.1 Å². The van der Waals surface area contributed by atoms with Crippen LogP contribution in [0.1, 0.15) is 50.7 Å². The minimum absolute atomic E-state index is 0. The smallest absolute Gasteiger partial charge is 0.317 e. The van der Waals surface area contributed by atoms with Gasteiger partial charge in [-0.3, -0.25) is 0 Å². The average Bonchev–Trinajstić information content (AvgIpc) is 3.39. The third-order valence-electron chi connectivity index (χ3n) is 7.93. The molecule has 1 spiro atoms. The monoisotopic (exact) mass is 381 g/mol. The predicted octanol–water partition coefficient (Wildman–Crippen LogP) is 4.19. The zero-order valence-corrected chi connectivity index (χ0v) is 17.2. The summed E-state index contributed by atoms with van der Waals surface area (Å²) >= 11 is 0. The molecule has 5 rings (SSSR count). The molecule has 1 saturated carbocycles. The molecule has 1 N–H and O–H groups in total. The molecule has 4 heteroatoms. The second-order valence-electron chi connectivity index (χ2n) is 9.81. The average molecular weight is 382 g/mol. The van der Waals surface area contributed by atoms with Gasteiger partial charge in [0.1, 0.15) is 0 Å². The molecule has 3 aliphatic carbocycles. The van der Waals surface area contributed by atoms with Crippen LogP contribution in [0.2, 0.25) is 0 Å². The number of nitrogens with one attached hydrogen (secondary N) is 1. The second kappa shape index (κ2) is 6.91. The Balaban J connectivity index is 0.00000205. The van der Waals surface area contributed by atoms with E-state index in [1.807, 2.05) is 14.1 Å². The van der Waals surface area contributed by atoms with E-state index in [2.05, 4.69) is 46.6 Å². The van der Waals surface area contributed by atoms with Gasteiger partial charge in [-0.1, -0.05) is 36.4 Å². The van der Waals surface area contributed by atoms with E-state index in [9.17, 15) is 4.79 Å². The topological polar surface area (TPSA) is 35.6 Å². The van der Waals surface area contributed by atoms with Crippen molar-refractivity contribution in [3.8, 4) is 0 Å². The maximum atomic E-state index is 12.3. The Morgan fingerprint density at radius 1 is 1.21 bits per heavy atom. The summed E-state index contributed by atoms with van der Waals surface area (Å²) in [5.41, 5.74) is 3.07. The largest absolute Gasteiger partial charge is 0.331 e. The summed E-state index contributed by atoms with van der Waals surface area (Å²) in [6.45, 7) is 3.67. The zero-order valence-electron chi connectivity index (χ0n) is 17.2. The van der Waals surface area contributed by atoms with Gasteiger partial charge in [0, 0.05) is 27.5 Å². The Labute approximate surface area is 170 Å². The summed E-state index contributed by atoms with van der Waals surface area (Å²) in [5, 5.41) is 3.26. The first kappa shape index (κ1) is 18.2. The maximum Gasteiger partial charge on any atom is 0.317 e. The highest BCUT2D eigenvalue weighted by molar-refractivity contribution is 5.74. The summed E-state index contributed by atoms with van der Waals surface area (Å²) in [6.07, 6.45) is 11.2. The van der Waals surface area contributed by atoms with Crippen LogP contribution >= 0.6 is 0 Å². The van der Waals surface area contributed by atoms with Crippen LogP contribution in [0.15, 0.2) is 36.4 Å². The molecule has 1 saturated heterocycles. The van der Waals surface area contributed by atoms with E-state index in [0.29, 0.717) is 0 Å². The highest BCUT2D eigenvalue weighted by atomic mass is 16.2. The van der Waals surface area contributed by atoms with Gasteiger partial charge in [-0.05, 0) is 74.1 Å². The Morgan fingerprint density at radius 2 is 2.00 bits per heavy atom. The van der Waals surface area contributed by atoms with Crippen LogP contribution in [0.3, 0.4) is 0 Å². The molecule has 2 amide bonds. The van der Waals surface area contributed by atoms with Gasteiger partial charge < -0.3 is 15.1 Å². The number of allylic oxidation sites excluding steroid dienone is 2. The molecule has 0 unspecified atom stereocenters. The van der Waals surface area contributed by atoms with Crippen LogP contribution in [0.25, 0.3) is 0 Å². The fourth-order valence-corrected chi connectivity index (χ4v) is 6.37. The van der Waals surface area contributed by atoms with E-state index in [1.54, 1.807) is 4.90 Å². The molecule has 4 atom stereocenters. The lowest BCUT2D eigenvalue weighted by Gasteiger charge is -2.41. The Morgan fingerprint density at radius 3 is 2.68 bits per heavy atom. The number of urea groups is 1. The number of carbonyl (C=O) groups excluding carboxylic acids is 1. The third kappa shape index (κ3) is 3.06. The maximum absolute atomic E-state index is 12.3. The lowest BCUT2D eigenvalue weighted by molar-refractivity contribution is 0.128. The van der Waals surface area contributed by atoms with Gasteiger partial charge >= 0.3 is 6.03 Å². The van der Waals surface area contributed by atoms with Crippen LogP contribution < -0.4 is 5.32 Å². The number of carbonyl (C=O) groups is 1. The predicted molar refractivity (Wildman–Crippen MR) is 114 cm³/mol. The van der Waals surface area contributed by atoms with Gasteiger partial charge in [-0.15, -0.1) is 0 Å². The van der Waals surface area contributed by atoms with E-state index in [4.69, 9.17) is 0 Å². The minimum atomic E-state index is 0. The van der Waals surface area contributed by atoms with Crippen LogP contribution in [-0.2, 0) is 5.41 Å². The van der Waals surface area contributed by atoms with Gasteiger partial charge in [0.15, 0.2) is 0 Å². The number of nitrogens with zero attached hydrogens (tertiary/aromatic N) is 2. The normalized spacial score (nSPS) is 32.6. The van der Waals surface area contributed by atoms with Gasteiger partial charge in [-0.25, -0.2) is 4.79 Å². The Kier molecular flexibility index (Phi) is 4.50. The molecule has 1 aromatic carbocycles. The first-order valence-corrected chi connectivity index (χ1v) is 11.0. The fourth-order valence-electron chi connectivity index (χ4n) is 6.37. The molecule has 0 aromatic heterocycles. The van der Waals surface area contributed by atoms with Crippen molar-refractivity contribution < 1.29 is 6.22 Å². The summed E-state index contributed by atoms with van der Waals surface area (Å²) in [4.78, 5) is 16.6. The Hall–Kier alpha value is -1.81. The number of hydrogen-bond acceptors (Lipinski definition) is 2. The number of hydrogen-bond donors (Lipinski definition) is 1. The van der Waals surface area contributed by atoms with Crippen molar-refractivity contribution in [2.24, 2.45) is 17.8 Å². The number of piperidine rings is 1. The van der Waals surface area contributed by atoms with Crippen LogP contribution in [-0.4, -0.2) is 49.6 Å². The van der Waals surface area contributed by atoms with Gasteiger partial charge in [-0.2, -0.15) is 0 Å². The molecule has 2 fully saturated rings. The molecule has 1 heterocycles. The summed E-state index contributed by atoms with van der Waals surface area (Å²) < 4.78 is 0. The van der Waals surface area contributed by atoms with Crippen molar-refractivity contribution in [2.75, 3.05) is 33.7 Å². The molecule has 2 bridgehead atoms. The lowest BCUT2D eigenvalue weighted by atomic mass is 9.73. The molecule has 1 aliphatic heterocycles. The first-order chi connectivity index (χ1) is 13.5. The molecular weight excluding hydrogens is 346 g/mol.